The lowest BCUT2D eigenvalue weighted by atomic mass is 9.95. The maximum Gasteiger partial charge on any atom is 0.236 e. The van der Waals surface area contributed by atoms with E-state index in [2.05, 4.69) is 40.0 Å². The minimum atomic E-state index is 0.112. The molecule has 0 spiro atoms. The number of hydrogen-bond donors (Lipinski definition) is 0. The zero-order chi connectivity index (χ0) is 17.4. The van der Waals surface area contributed by atoms with Crippen LogP contribution < -0.4 is 4.90 Å². The van der Waals surface area contributed by atoms with E-state index in [1.807, 2.05) is 53.6 Å². The SMILES string of the molecule is CCc1cc(-c2ccc(Br)nc2)c2c(c1)N(c1ccccc1)C(=O)C2. The predicted molar refractivity (Wildman–Crippen MR) is 104 cm³/mol. The molecule has 124 valence electrons. The maximum atomic E-state index is 12.8. The predicted octanol–water partition coefficient (Wildman–Crippen LogP) is 5.29. The third-order valence-electron chi connectivity index (χ3n) is 4.57. The van der Waals surface area contributed by atoms with Gasteiger partial charge in [0.15, 0.2) is 0 Å². The van der Waals surface area contributed by atoms with E-state index in [-0.39, 0.29) is 5.91 Å². The number of halogens is 1. The van der Waals surface area contributed by atoms with Crippen molar-refractivity contribution < 1.29 is 4.79 Å². The zero-order valence-electron chi connectivity index (χ0n) is 13.9. The molecule has 1 amide bonds. The number of fused-ring (bicyclic) bond motifs is 1. The maximum absolute atomic E-state index is 12.8. The van der Waals surface area contributed by atoms with Crippen molar-refractivity contribution in [3.63, 3.8) is 0 Å². The highest BCUT2D eigenvalue weighted by Crippen LogP contribution is 2.41. The number of benzene rings is 2. The van der Waals surface area contributed by atoms with Gasteiger partial charge in [-0.3, -0.25) is 9.69 Å². The molecule has 1 aliphatic heterocycles. The largest absolute Gasteiger partial charge is 0.280 e. The van der Waals surface area contributed by atoms with Gasteiger partial charge in [0.1, 0.15) is 4.60 Å². The van der Waals surface area contributed by atoms with Crippen LogP contribution in [-0.4, -0.2) is 10.9 Å². The lowest BCUT2D eigenvalue weighted by Crippen LogP contribution is -2.20. The Balaban J connectivity index is 1.91. The molecule has 4 rings (SSSR count). The smallest absolute Gasteiger partial charge is 0.236 e. The summed E-state index contributed by atoms with van der Waals surface area (Å²) in [6, 6.07) is 18.2. The van der Waals surface area contributed by atoms with Gasteiger partial charge in [-0.2, -0.15) is 0 Å². The Kier molecular flexibility index (Phi) is 4.14. The molecule has 3 nitrogen and oxygen atoms in total. The molecule has 0 radical (unpaired) electrons. The number of rotatable bonds is 3. The minimum Gasteiger partial charge on any atom is -0.280 e. The van der Waals surface area contributed by atoms with Crippen molar-refractivity contribution in [1.29, 1.82) is 0 Å². The van der Waals surface area contributed by atoms with Crippen LogP contribution in [0.15, 0.2) is 65.4 Å². The topological polar surface area (TPSA) is 33.2 Å². The fourth-order valence-electron chi connectivity index (χ4n) is 3.32. The van der Waals surface area contributed by atoms with E-state index >= 15 is 0 Å². The van der Waals surface area contributed by atoms with Crippen LogP contribution in [-0.2, 0) is 17.6 Å². The van der Waals surface area contributed by atoms with E-state index in [1.54, 1.807) is 0 Å². The second-order valence-corrected chi connectivity index (χ2v) is 6.92. The number of carbonyl (C=O) groups excluding carboxylic acids is 1. The summed E-state index contributed by atoms with van der Waals surface area (Å²) in [7, 11) is 0. The van der Waals surface area contributed by atoms with Crippen LogP contribution in [0.5, 0.6) is 0 Å². The van der Waals surface area contributed by atoms with Crippen molar-refractivity contribution in [2.45, 2.75) is 19.8 Å². The lowest BCUT2D eigenvalue weighted by molar-refractivity contribution is -0.116. The summed E-state index contributed by atoms with van der Waals surface area (Å²) >= 11 is 3.38. The van der Waals surface area contributed by atoms with Gasteiger partial charge in [-0.1, -0.05) is 37.3 Å². The molecular formula is C21H17BrN2O. The van der Waals surface area contributed by atoms with E-state index in [0.717, 1.165) is 39.1 Å². The number of pyridine rings is 1. The fraction of sp³-hybridized carbons (Fsp3) is 0.143. The number of nitrogens with zero attached hydrogens (tertiary/aromatic N) is 2. The first-order chi connectivity index (χ1) is 12.2. The third-order valence-corrected chi connectivity index (χ3v) is 5.03. The number of amides is 1. The molecule has 25 heavy (non-hydrogen) atoms. The molecule has 0 atom stereocenters. The first-order valence-electron chi connectivity index (χ1n) is 8.33. The molecule has 3 aromatic rings. The van der Waals surface area contributed by atoms with E-state index in [9.17, 15) is 4.79 Å². The highest BCUT2D eigenvalue weighted by Gasteiger charge is 2.31. The molecule has 0 aliphatic carbocycles. The average molecular weight is 393 g/mol. The standard InChI is InChI=1S/C21H17BrN2O/c1-2-14-10-17(15-8-9-20(22)23-13-15)18-12-21(25)24(19(18)11-14)16-6-4-3-5-7-16/h3-11,13H,2,12H2,1H3. The number of anilines is 2. The van der Waals surface area contributed by atoms with Gasteiger partial charge in [0.2, 0.25) is 5.91 Å². The number of aromatic nitrogens is 1. The number of aryl methyl sites for hydroxylation is 1. The summed E-state index contributed by atoms with van der Waals surface area (Å²) in [5, 5.41) is 0. The van der Waals surface area contributed by atoms with Crippen LogP contribution in [0.2, 0.25) is 0 Å². The molecule has 0 fully saturated rings. The summed E-state index contributed by atoms with van der Waals surface area (Å²) in [6.07, 6.45) is 3.19. The Bertz CT molecular complexity index is 936. The van der Waals surface area contributed by atoms with Gasteiger partial charge in [-0.05, 0) is 63.3 Å². The van der Waals surface area contributed by atoms with Crippen molar-refractivity contribution in [1.82, 2.24) is 4.98 Å². The Morgan fingerprint density at radius 1 is 1.12 bits per heavy atom. The normalized spacial score (nSPS) is 13.2. The van der Waals surface area contributed by atoms with Gasteiger partial charge in [-0.15, -0.1) is 0 Å². The molecule has 4 heteroatoms. The average Bonchev–Trinajstić information content (AvgIpc) is 2.98. The fourth-order valence-corrected chi connectivity index (χ4v) is 3.56. The second-order valence-electron chi connectivity index (χ2n) is 6.11. The summed E-state index contributed by atoms with van der Waals surface area (Å²) in [6.45, 7) is 2.13. The van der Waals surface area contributed by atoms with Crippen LogP contribution in [0.1, 0.15) is 18.1 Å². The van der Waals surface area contributed by atoms with E-state index in [4.69, 9.17) is 0 Å². The van der Waals surface area contributed by atoms with Crippen molar-refractivity contribution in [3.05, 3.63) is 76.5 Å². The molecule has 0 saturated heterocycles. The highest BCUT2D eigenvalue weighted by molar-refractivity contribution is 9.10. The van der Waals surface area contributed by atoms with Crippen molar-refractivity contribution in [2.24, 2.45) is 0 Å². The van der Waals surface area contributed by atoms with Crippen LogP contribution in [0, 0.1) is 0 Å². The first kappa shape index (κ1) is 16.0. The van der Waals surface area contributed by atoms with E-state index < -0.39 is 0 Å². The molecule has 0 unspecified atom stereocenters. The Morgan fingerprint density at radius 3 is 2.60 bits per heavy atom. The van der Waals surface area contributed by atoms with Gasteiger partial charge in [0, 0.05) is 17.4 Å². The molecule has 1 aromatic heterocycles. The summed E-state index contributed by atoms with van der Waals surface area (Å²) in [4.78, 5) is 19.0. The Labute approximate surface area is 155 Å². The number of hydrogen-bond acceptors (Lipinski definition) is 2. The van der Waals surface area contributed by atoms with Crippen LogP contribution in [0.3, 0.4) is 0 Å². The van der Waals surface area contributed by atoms with Gasteiger partial charge >= 0.3 is 0 Å². The van der Waals surface area contributed by atoms with Crippen molar-refractivity contribution in [2.75, 3.05) is 4.90 Å². The van der Waals surface area contributed by atoms with Gasteiger partial charge in [-0.25, -0.2) is 4.98 Å². The monoisotopic (exact) mass is 392 g/mol. The Hall–Kier alpha value is -2.46. The minimum absolute atomic E-state index is 0.112. The van der Waals surface area contributed by atoms with Crippen LogP contribution in [0.4, 0.5) is 11.4 Å². The molecule has 0 bridgehead atoms. The number of carbonyl (C=O) groups is 1. The second kappa shape index (κ2) is 6.45. The van der Waals surface area contributed by atoms with Gasteiger partial charge < -0.3 is 0 Å². The van der Waals surface area contributed by atoms with Gasteiger partial charge in [0.25, 0.3) is 0 Å². The lowest BCUT2D eigenvalue weighted by Gasteiger charge is -2.19. The summed E-state index contributed by atoms with van der Waals surface area (Å²) in [5.74, 6) is 0.112. The zero-order valence-corrected chi connectivity index (χ0v) is 15.5. The summed E-state index contributed by atoms with van der Waals surface area (Å²) in [5.41, 5.74) is 6.34. The molecule has 0 N–H and O–H groups in total. The first-order valence-corrected chi connectivity index (χ1v) is 9.12. The van der Waals surface area contributed by atoms with E-state index in [0.29, 0.717) is 6.42 Å². The van der Waals surface area contributed by atoms with Crippen molar-refractivity contribution in [3.8, 4) is 11.1 Å². The van der Waals surface area contributed by atoms with Crippen molar-refractivity contribution >= 4 is 33.2 Å². The molecule has 2 heterocycles. The number of para-hydroxylation sites is 1. The molecule has 1 aliphatic rings. The molecular weight excluding hydrogens is 376 g/mol. The van der Waals surface area contributed by atoms with E-state index in [1.165, 1.54) is 5.56 Å². The molecule has 0 saturated carbocycles. The molecule has 2 aromatic carbocycles. The highest BCUT2D eigenvalue weighted by atomic mass is 79.9. The van der Waals surface area contributed by atoms with Gasteiger partial charge in [0.05, 0.1) is 12.1 Å². The third kappa shape index (κ3) is 2.87. The quantitative estimate of drug-likeness (QED) is 0.567. The van der Waals surface area contributed by atoms with Crippen LogP contribution >= 0.6 is 15.9 Å². The Morgan fingerprint density at radius 2 is 1.92 bits per heavy atom. The van der Waals surface area contributed by atoms with Crippen LogP contribution in [0.25, 0.3) is 11.1 Å². The summed E-state index contributed by atoms with van der Waals surface area (Å²) < 4.78 is 0.807.